The molecule has 1 fully saturated rings. The van der Waals surface area contributed by atoms with Gasteiger partial charge in [0.1, 0.15) is 10.7 Å². The van der Waals surface area contributed by atoms with Gasteiger partial charge < -0.3 is 10.6 Å². The number of carbonyl (C=O) groups excluding carboxylic acids is 1. The first-order chi connectivity index (χ1) is 9.95. The first-order valence-corrected chi connectivity index (χ1v) is 8.84. The largest absolute Gasteiger partial charge is 0.369 e. The fourth-order valence-corrected chi connectivity index (χ4v) is 4.10. The van der Waals surface area contributed by atoms with Gasteiger partial charge in [-0.2, -0.15) is 4.31 Å². The number of amides is 1. The third kappa shape index (κ3) is 3.72. The van der Waals surface area contributed by atoms with Crippen LogP contribution in [0.25, 0.3) is 0 Å². The molecule has 0 spiro atoms. The number of hydrogen-bond acceptors (Lipinski definition) is 5. The summed E-state index contributed by atoms with van der Waals surface area (Å²) in [5.74, 6) is 0.00869. The van der Waals surface area contributed by atoms with Gasteiger partial charge in [-0.25, -0.2) is 13.4 Å². The van der Waals surface area contributed by atoms with Crippen molar-refractivity contribution in [2.45, 2.75) is 18.2 Å². The average molecular weight is 377 g/mol. The van der Waals surface area contributed by atoms with Gasteiger partial charge in [0.15, 0.2) is 0 Å². The molecule has 0 aliphatic carbocycles. The number of pyridine rings is 1. The molecule has 116 valence electrons. The van der Waals surface area contributed by atoms with Crippen molar-refractivity contribution in [2.24, 2.45) is 0 Å². The molecule has 1 amide bonds. The Morgan fingerprint density at radius 1 is 1.52 bits per heavy atom. The molecule has 0 atom stereocenters. The van der Waals surface area contributed by atoms with Gasteiger partial charge in [-0.05, 0) is 35.3 Å². The number of halogens is 1. The maximum absolute atomic E-state index is 12.8. The fourth-order valence-electron chi connectivity index (χ4n) is 2.04. The number of aromatic nitrogens is 1. The van der Waals surface area contributed by atoms with Crippen LogP contribution in [0.15, 0.2) is 21.6 Å². The van der Waals surface area contributed by atoms with E-state index in [4.69, 9.17) is 0 Å². The lowest BCUT2D eigenvalue weighted by Crippen LogP contribution is -2.37. The van der Waals surface area contributed by atoms with Gasteiger partial charge in [0.25, 0.3) is 0 Å². The van der Waals surface area contributed by atoms with E-state index in [1.54, 1.807) is 0 Å². The van der Waals surface area contributed by atoms with E-state index in [1.165, 1.54) is 16.6 Å². The first-order valence-electron chi connectivity index (χ1n) is 6.61. The molecule has 1 aromatic heterocycles. The summed E-state index contributed by atoms with van der Waals surface area (Å²) in [6.07, 6.45) is 2.12. The molecule has 1 aromatic rings. The summed E-state index contributed by atoms with van der Waals surface area (Å²) >= 11 is 3.24. The van der Waals surface area contributed by atoms with Gasteiger partial charge in [-0.15, -0.1) is 0 Å². The van der Waals surface area contributed by atoms with Crippen LogP contribution in [0.1, 0.15) is 13.3 Å². The molecule has 1 aliphatic heterocycles. The van der Waals surface area contributed by atoms with Crippen LogP contribution in [0.5, 0.6) is 0 Å². The minimum Gasteiger partial charge on any atom is -0.369 e. The minimum atomic E-state index is -3.78. The van der Waals surface area contributed by atoms with Crippen LogP contribution >= 0.6 is 15.9 Å². The Labute approximate surface area is 132 Å². The van der Waals surface area contributed by atoms with Crippen LogP contribution < -0.4 is 10.6 Å². The normalized spacial score (nSPS) is 17.1. The number of nitrogens with zero attached hydrogens (tertiary/aromatic N) is 2. The average Bonchev–Trinajstić information content (AvgIpc) is 2.66. The van der Waals surface area contributed by atoms with Crippen LogP contribution in [-0.2, 0) is 14.8 Å². The topological polar surface area (TPSA) is 91.4 Å². The van der Waals surface area contributed by atoms with Crippen LogP contribution in [0, 0.1) is 0 Å². The Hall–Kier alpha value is -1.19. The molecule has 0 aromatic carbocycles. The van der Waals surface area contributed by atoms with Crippen molar-refractivity contribution >= 4 is 37.7 Å². The lowest BCUT2D eigenvalue weighted by atomic mass is 10.4. The quantitative estimate of drug-likeness (QED) is 0.810. The second kappa shape index (κ2) is 6.71. The van der Waals surface area contributed by atoms with Gasteiger partial charge in [0, 0.05) is 30.3 Å². The zero-order valence-corrected chi connectivity index (χ0v) is 14.0. The predicted octanol–water partition coefficient (Wildman–Crippen LogP) is 0.786. The van der Waals surface area contributed by atoms with Crippen molar-refractivity contribution in [2.75, 3.05) is 31.5 Å². The molecule has 1 aliphatic rings. The first kappa shape index (κ1) is 16.2. The standard InChI is InChI=1S/C12H17BrN4O3S/c1-2-14-12-10(6-9(13)7-16-12)21(19,20)17-5-3-4-15-11(18)8-17/h6-7H,2-5,8H2,1H3,(H,14,16)(H,15,18). The number of carbonyl (C=O) groups is 1. The summed E-state index contributed by atoms with van der Waals surface area (Å²) in [6, 6.07) is 1.50. The maximum Gasteiger partial charge on any atom is 0.247 e. The van der Waals surface area contributed by atoms with E-state index in [1.807, 2.05) is 6.92 Å². The molecule has 0 unspecified atom stereocenters. The fraction of sp³-hybridized carbons (Fsp3) is 0.500. The Morgan fingerprint density at radius 2 is 2.29 bits per heavy atom. The highest BCUT2D eigenvalue weighted by atomic mass is 79.9. The SMILES string of the molecule is CCNc1ncc(Br)cc1S(=O)(=O)N1CCCNC(=O)C1. The molecular formula is C12H17BrN4O3S. The van der Waals surface area contributed by atoms with E-state index in [2.05, 4.69) is 31.5 Å². The third-order valence-corrected chi connectivity index (χ3v) is 5.30. The van der Waals surface area contributed by atoms with Crippen molar-refractivity contribution in [3.8, 4) is 0 Å². The monoisotopic (exact) mass is 376 g/mol. The number of sulfonamides is 1. The number of hydrogen-bond donors (Lipinski definition) is 2. The van der Waals surface area contributed by atoms with E-state index in [0.717, 1.165) is 0 Å². The van der Waals surface area contributed by atoms with Gasteiger partial charge in [0.05, 0.1) is 6.54 Å². The predicted molar refractivity (Wildman–Crippen MR) is 82.5 cm³/mol. The summed E-state index contributed by atoms with van der Waals surface area (Å²) in [4.78, 5) is 15.8. The number of nitrogens with one attached hydrogen (secondary N) is 2. The summed E-state index contributed by atoms with van der Waals surface area (Å²) in [6.45, 7) is 3.04. The summed E-state index contributed by atoms with van der Waals surface area (Å²) in [7, 11) is -3.78. The van der Waals surface area contributed by atoms with Crippen LogP contribution in [0.2, 0.25) is 0 Å². The summed E-state index contributed by atoms with van der Waals surface area (Å²) in [5, 5.41) is 5.60. The molecule has 0 bridgehead atoms. The van der Waals surface area contributed by atoms with Crippen molar-refractivity contribution < 1.29 is 13.2 Å². The lowest BCUT2D eigenvalue weighted by Gasteiger charge is -2.20. The number of anilines is 1. The van der Waals surface area contributed by atoms with E-state index in [-0.39, 0.29) is 17.3 Å². The molecule has 2 N–H and O–H groups in total. The second-order valence-corrected chi connectivity index (χ2v) is 7.39. The molecule has 0 radical (unpaired) electrons. The van der Waals surface area contributed by atoms with Crippen molar-refractivity contribution in [1.82, 2.24) is 14.6 Å². The smallest absolute Gasteiger partial charge is 0.247 e. The molecular weight excluding hydrogens is 360 g/mol. The molecule has 2 heterocycles. The second-order valence-electron chi connectivity index (χ2n) is 4.57. The Bertz CT molecular complexity index is 635. The van der Waals surface area contributed by atoms with Crippen LogP contribution in [-0.4, -0.2) is 49.8 Å². The Balaban J connectivity index is 2.42. The molecule has 2 rings (SSSR count). The molecule has 7 nitrogen and oxygen atoms in total. The molecule has 9 heteroatoms. The Kier molecular flexibility index (Phi) is 5.17. The van der Waals surface area contributed by atoms with E-state index >= 15 is 0 Å². The van der Waals surface area contributed by atoms with Crippen LogP contribution in [0.4, 0.5) is 5.82 Å². The zero-order valence-electron chi connectivity index (χ0n) is 11.6. The number of rotatable bonds is 4. The highest BCUT2D eigenvalue weighted by molar-refractivity contribution is 9.10. The third-order valence-electron chi connectivity index (χ3n) is 3.01. The molecule has 0 saturated carbocycles. The minimum absolute atomic E-state index is 0.0772. The van der Waals surface area contributed by atoms with Gasteiger partial charge in [-0.3, -0.25) is 4.79 Å². The summed E-state index contributed by atoms with van der Waals surface area (Å²) < 4.78 is 27.3. The zero-order chi connectivity index (χ0) is 15.5. The summed E-state index contributed by atoms with van der Waals surface area (Å²) in [5.41, 5.74) is 0. The lowest BCUT2D eigenvalue weighted by molar-refractivity contribution is -0.120. The van der Waals surface area contributed by atoms with Crippen LogP contribution in [0.3, 0.4) is 0 Å². The highest BCUT2D eigenvalue weighted by Crippen LogP contribution is 2.26. The van der Waals surface area contributed by atoms with E-state index in [0.29, 0.717) is 36.3 Å². The molecule has 21 heavy (non-hydrogen) atoms. The molecule has 1 saturated heterocycles. The Morgan fingerprint density at radius 3 is 3.00 bits per heavy atom. The van der Waals surface area contributed by atoms with Crippen molar-refractivity contribution in [1.29, 1.82) is 0 Å². The van der Waals surface area contributed by atoms with E-state index in [9.17, 15) is 13.2 Å². The van der Waals surface area contributed by atoms with Gasteiger partial charge in [0.2, 0.25) is 15.9 Å². The van der Waals surface area contributed by atoms with E-state index < -0.39 is 10.0 Å². The van der Waals surface area contributed by atoms with Crippen molar-refractivity contribution in [3.63, 3.8) is 0 Å². The van der Waals surface area contributed by atoms with Crippen molar-refractivity contribution in [3.05, 3.63) is 16.7 Å². The van der Waals surface area contributed by atoms with Gasteiger partial charge in [-0.1, -0.05) is 0 Å². The maximum atomic E-state index is 12.8. The van der Waals surface area contributed by atoms with Gasteiger partial charge >= 0.3 is 0 Å². The highest BCUT2D eigenvalue weighted by Gasteiger charge is 2.30.